The smallest absolute Gasteiger partial charge is 0.254 e. The Hall–Kier alpha value is -1.58. The monoisotopic (exact) mass is 248 g/mol. The highest BCUT2D eigenvalue weighted by Gasteiger charge is 2.27. The van der Waals surface area contributed by atoms with Gasteiger partial charge in [-0.25, -0.2) is 0 Å². The van der Waals surface area contributed by atoms with E-state index in [1.807, 2.05) is 4.90 Å². The van der Waals surface area contributed by atoms with Gasteiger partial charge < -0.3 is 9.47 Å². The number of nitrogens with zero attached hydrogens (tertiary/aromatic N) is 2. The van der Waals surface area contributed by atoms with E-state index in [1.165, 1.54) is 17.1 Å². The van der Waals surface area contributed by atoms with Crippen LogP contribution in [0.25, 0.3) is 0 Å². The number of hydrogen-bond acceptors (Lipinski definition) is 2. The van der Waals surface area contributed by atoms with Crippen molar-refractivity contribution in [2.75, 3.05) is 6.54 Å². The van der Waals surface area contributed by atoms with Crippen LogP contribution in [0.5, 0.6) is 0 Å². The Bertz CT molecular complexity index is 507. The zero-order chi connectivity index (χ0) is 13.3. The highest BCUT2D eigenvalue weighted by molar-refractivity contribution is 5.94. The number of carbonyl (C=O) groups is 1. The average Bonchev–Trinajstić information content (AvgIpc) is 2.35. The summed E-state index contributed by atoms with van der Waals surface area (Å²) in [6, 6.07) is 3.40. The third-order valence-corrected chi connectivity index (χ3v) is 3.73. The van der Waals surface area contributed by atoms with E-state index in [0.717, 1.165) is 13.0 Å². The van der Waals surface area contributed by atoms with E-state index in [-0.39, 0.29) is 17.5 Å². The quantitative estimate of drug-likeness (QED) is 0.758. The van der Waals surface area contributed by atoms with Crippen molar-refractivity contribution < 1.29 is 4.79 Å². The molecule has 2 unspecified atom stereocenters. The SMILES string of the molecule is CC1CCC(C)N(C(=O)c2ccn(C)c(=O)c2)C1. The Morgan fingerprint density at radius 2 is 2.06 bits per heavy atom. The van der Waals surface area contributed by atoms with Gasteiger partial charge in [0, 0.05) is 37.5 Å². The largest absolute Gasteiger partial charge is 0.336 e. The van der Waals surface area contributed by atoms with Crippen molar-refractivity contribution in [1.82, 2.24) is 9.47 Å². The summed E-state index contributed by atoms with van der Waals surface area (Å²) < 4.78 is 1.47. The van der Waals surface area contributed by atoms with E-state index < -0.39 is 0 Å². The predicted octanol–water partition coefficient (Wildman–Crippen LogP) is 1.65. The molecule has 1 aliphatic rings. The van der Waals surface area contributed by atoms with Crippen LogP contribution < -0.4 is 5.56 Å². The maximum atomic E-state index is 12.4. The third kappa shape index (κ3) is 2.47. The van der Waals surface area contributed by atoms with Gasteiger partial charge in [0.1, 0.15) is 0 Å². The second-order valence-corrected chi connectivity index (χ2v) is 5.35. The van der Waals surface area contributed by atoms with E-state index in [4.69, 9.17) is 0 Å². The summed E-state index contributed by atoms with van der Waals surface area (Å²) in [4.78, 5) is 25.9. The molecule has 0 radical (unpaired) electrons. The van der Waals surface area contributed by atoms with E-state index in [0.29, 0.717) is 11.5 Å². The van der Waals surface area contributed by atoms with Crippen molar-refractivity contribution in [3.8, 4) is 0 Å². The fourth-order valence-electron chi connectivity index (χ4n) is 2.42. The summed E-state index contributed by atoms with van der Waals surface area (Å²) >= 11 is 0. The minimum absolute atomic E-state index is 0.0215. The summed E-state index contributed by atoms with van der Waals surface area (Å²) in [5, 5.41) is 0. The van der Waals surface area contributed by atoms with Crippen molar-refractivity contribution in [2.45, 2.75) is 32.7 Å². The minimum Gasteiger partial charge on any atom is -0.336 e. The van der Waals surface area contributed by atoms with Crippen LogP contribution in [-0.2, 0) is 7.05 Å². The number of piperidine rings is 1. The first-order valence-electron chi connectivity index (χ1n) is 6.46. The summed E-state index contributed by atoms with van der Waals surface area (Å²) in [5.74, 6) is 0.517. The molecule has 18 heavy (non-hydrogen) atoms. The zero-order valence-corrected chi connectivity index (χ0v) is 11.2. The molecule has 1 amide bonds. The molecule has 98 valence electrons. The number of amides is 1. The van der Waals surface area contributed by atoms with Gasteiger partial charge in [0.05, 0.1) is 0 Å². The van der Waals surface area contributed by atoms with Crippen LogP contribution in [0.2, 0.25) is 0 Å². The summed E-state index contributed by atoms with van der Waals surface area (Å²) in [6.07, 6.45) is 3.85. The lowest BCUT2D eigenvalue weighted by Gasteiger charge is -2.36. The number of pyridine rings is 1. The second kappa shape index (κ2) is 4.96. The fraction of sp³-hybridized carbons (Fsp3) is 0.571. The van der Waals surface area contributed by atoms with Crippen molar-refractivity contribution in [1.29, 1.82) is 0 Å². The molecule has 4 nitrogen and oxygen atoms in total. The first-order chi connectivity index (χ1) is 8.49. The molecule has 1 fully saturated rings. The molecule has 0 bridgehead atoms. The lowest BCUT2D eigenvalue weighted by molar-refractivity contribution is 0.0573. The number of hydrogen-bond donors (Lipinski definition) is 0. The van der Waals surface area contributed by atoms with E-state index in [2.05, 4.69) is 13.8 Å². The van der Waals surface area contributed by atoms with Crippen LogP contribution in [0.3, 0.4) is 0 Å². The Kier molecular flexibility index (Phi) is 3.55. The molecule has 0 aromatic carbocycles. The van der Waals surface area contributed by atoms with Gasteiger partial charge in [0.2, 0.25) is 0 Å². The molecule has 0 spiro atoms. The third-order valence-electron chi connectivity index (χ3n) is 3.73. The summed E-state index contributed by atoms with van der Waals surface area (Å²) in [6.45, 7) is 5.02. The molecule has 2 rings (SSSR count). The van der Waals surface area contributed by atoms with Crippen molar-refractivity contribution >= 4 is 5.91 Å². The highest BCUT2D eigenvalue weighted by Crippen LogP contribution is 2.22. The lowest BCUT2D eigenvalue weighted by Crippen LogP contribution is -2.45. The maximum absolute atomic E-state index is 12.4. The zero-order valence-electron chi connectivity index (χ0n) is 11.2. The molecule has 1 saturated heterocycles. The Morgan fingerprint density at radius 1 is 1.33 bits per heavy atom. The number of aryl methyl sites for hydroxylation is 1. The lowest BCUT2D eigenvalue weighted by atomic mass is 9.94. The molecule has 2 atom stereocenters. The van der Waals surface area contributed by atoms with Gasteiger partial charge in [-0.1, -0.05) is 6.92 Å². The van der Waals surface area contributed by atoms with Crippen molar-refractivity contribution in [3.63, 3.8) is 0 Å². The van der Waals surface area contributed by atoms with Gasteiger partial charge in [-0.3, -0.25) is 9.59 Å². The normalized spacial score (nSPS) is 24.1. The first-order valence-corrected chi connectivity index (χ1v) is 6.46. The van der Waals surface area contributed by atoms with Crippen molar-refractivity contribution in [3.05, 3.63) is 34.2 Å². The Labute approximate surface area is 107 Å². The predicted molar refractivity (Wildman–Crippen MR) is 70.6 cm³/mol. The molecule has 0 saturated carbocycles. The molecular weight excluding hydrogens is 228 g/mol. The van der Waals surface area contributed by atoms with Crippen molar-refractivity contribution in [2.24, 2.45) is 13.0 Å². The topological polar surface area (TPSA) is 42.3 Å². The first kappa shape index (κ1) is 12.9. The Balaban J connectivity index is 2.24. The van der Waals surface area contributed by atoms with Gasteiger partial charge in [0.15, 0.2) is 0 Å². The molecule has 1 aromatic rings. The van der Waals surface area contributed by atoms with Gasteiger partial charge in [-0.05, 0) is 31.7 Å². The fourth-order valence-corrected chi connectivity index (χ4v) is 2.42. The standard InChI is InChI=1S/C14H20N2O2/c1-10-4-5-11(2)16(9-10)14(18)12-6-7-15(3)13(17)8-12/h6-8,10-11H,4-5,9H2,1-3H3. The van der Waals surface area contributed by atoms with Crippen LogP contribution in [0.1, 0.15) is 37.0 Å². The van der Waals surface area contributed by atoms with Crippen LogP contribution in [0, 0.1) is 5.92 Å². The van der Waals surface area contributed by atoms with Crippen LogP contribution in [-0.4, -0.2) is 28.0 Å². The Morgan fingerprint density at radius 3 is 2.72 bits per heavy atom. The number of likely N-dealkylation sites (tertiary alicyclic amines) is 1. The van der Waals surface area contributed by atoms with Gasteiger partial charge in [-0.15, -0.1) is 0 Å². The van der Waals surface area contributed by atoms with Gasteiger partial charge in [-0.2, -0.15) is 0 Å². The van der Waals surface area contributed by atoms with Crippen LogP contribution >= 0.6 is 0 Å². The summed E-state index contributed by atoms with van der Waals surface area (Å²) in [5.41, 5.74) is 0.359. The molecule has 4 heteroatoms. The molecular formula is C14H20N2O2. The van der Waals surface area contributed by atoms with E-state index in [9.17, 15) is 9.59 Å². The molecule has 0 N–H and O–H groups in total. The second-order valence-electron chi connectivity index (χ2n) is 5.35. The molecule has 2 heterocycles. The summed E-state index contributed by atoms with van der Waals surface area (Å²) in [7, 11) is 1.68. The molecule has 1 aromatic heterocycles. The maximum Gasteiger partial charge on any atom is 0.254 e. The van der Waals surface area contributed by atoms with Crippen LogP contribution in [0.15, 0.2) is 23.1 Å². The highest BCUT2D eigenvalue weighted by atomic mass is 16.2. The molecule has 0 aliphatic carbocycles. The van der Waals surface area contributed by atoms with E-state index in [1.54, 1.807) is 19.3 Å². The average molecular weight is 248 g/mol. The number of carbonyl (C=O) groups excluding carboxylic acids is 1. The van der Waals surface area contributed by atoms with Gasteiger partial charge in [0.25, 0.3) is 11.5 Å². The molecule has 1 aliphatic heterocycles. The number of rotatable bonds is 1. The van der Waals surface area contributed by atoms with E-state index >= 15 is 0 Å². The van der Waals surface area contributed by atoms with Gasteiger partial charge >= 0.3 is 0 Å². The minimum atomic E-state index is -0.140. The van der Waals surface area contributed by atoms with Crippen LogP contribution in [0.4, 0.5) is 0 Å². The number of aromatic nitrogens is 1.